The highest BCUT2D eigenvalue weighted by atomic mass is 35.5. The summed E-state index contributed by atoms with van der Waals surface area (Å²) in [5.74, 6) is 0.590. The Kier molecular flexibility index (Phi) is 2.34. The lowest BCUT2D eigenvalue weighted by Gasteiger charge is -2.30. The van der Waals surface area contributed by atoms with Gasteiger partial charge in [-0.05, 0) is 49.2 Å². The van der Waals surface area contributed by atoms with E-state index in [0.717, 1.165) is 11.6 Å². The van der Waals surface area contributed by atoms with Gasteiger partial charge >= 0.3 is 0 Å². The molecule has 84 valence electrons. The predicted octanol–water partition coefficient (Wildman–Crippen LogP) is 3.55. The van der Waals surface area contributed by atoms with Crippen LogP contribution < -0.4 is 0 Å². The molecule has 1 nitrogen and oxygen atoms in total. The van der Waals surface area contributed by atoms with Crippen molar-refractivity contribution in [2.24, 2.45) is 0 Å². The van der Waals surface area contributed by atoms with Crippen molar-refractivity contribution in [2.45, 2.75) is 19.3 Å². The molecule has 0 N–H and O–H groups in total. The van der Waals surface area contributed by atoms with E-state index in [9.17, 15) is 0 Å². The van der Waals surface area contributed by atoms with Gasteiger partial charge < -0.3 is 4.90 Å². The molecule has 0 amide bonds. The van der Waals surface area contributed by atoms with Gasteiger partial charge in [-0.15, -0.1) is 0 Å². The maximum Gasteiger partial charge on any atom is 0.0409 e. The Morgan fingerprint density at radius 1 is 1.38 bits per heavy atom. The van der Waals surface area contributed by atoms with Gasteiger partial charge in [-0.2, -0.15) is 0 Å². The molecule has 1 aliphatic heterocycles. The van der Waals surface area contributed by atoms with E-state index in [1.807, 2.05) is 6.07 Å². The van der Waals surface area contributed by atoms with Crippen molar-refractivity contribution < 1.29 is 0 Å². The van der Waals surface area contributed by atoms with Crippen LogP contribution in [0.25, 0.3) is 5.57 Å². The summed E-state index contributed by atoms with van der Waals surface area (Å²) in [5, 5.41) is 0.862. The fourth-order valence-corrected chi connectivity index (χ4v) is 3.25. The van der Waals surface area contributed by atoms with Crippen LogP contribution in [0.4, 0.5) is 0 Å². The molecule has 0 radical (unpaired) electrons. The molecule has 1 aromatic rings. The van der Waals surface area contributed by atoms with E-state index >= 15 is 0 Å². The number of hydrogen-bond acceptors (Lipinski definition) is 1. The fourth-order valence-electron chi connectivity index (χ4n) is 3.07. The van der Waals surface area contributed by atoms with E-state index in [2.05, 4.69) is 31.0 Å². The van der Waals surface area contributed by atoms with E-state index in [1.54, 1.807) is 5.57 Å². The molecular weight excluding hydrogens is 218 g/mol. The van der Waals surface area contributed by atoms with Gasteiger partial charge in [0.1, 0.15) is 0 Å². The lowest BCUT2D eigenvalue weighted by molar-refractivity contribution is 0.294. The van der Waals surface area contributed by atoms with Crippen LogP contribution >= 0.6 is 11.6 Å². The van der Waals surface area contributed by atoms with Gasteiger partial charge in [0.25, 0.3) is 0 Å². The van der Waals surface area contributed by atoms with Crippen LogP contribution in [0.3, 0.4) is 0 Å². The number of likely N-dealkylation sites (tertiary alicyclic amines) is 1. The smallest absolute Gasteiger partial charge is 0.0409 e. The molecular formula is C14H16ClN. The summed E-state index contributed by atoms with van der Waals surface area (Å²) in [4.78, 5) is 2.41. The van der Waals surface area contributed by atoms with E-state index < -0.39 is 0 Å². The lowest BCUT2D eigenvalue weighted by Crippen LogP contribution is -2.31. The summed E-state index contributed by atoms with van der Waals surface area (Å²) in [6.45, 7) is 4.58. The maximum atomic E-state index is 6.11. The molecule has 1 heterocycles. The Bertz CT molecular complexity index is 476. The number of benzene rings is 1. The highest BCUT2D eigenvalue weighted by Crippen LogP contribution is 2.46. The Labute approximate surface area is 102 Å². The molecule has 2 heteroatoms. The minimum atomic E-state index is 0.590. The SMILES string of the molecule is CC1=C2CCN(C)CC2c2cc(Cl)ccc21. The Balaban J connectivity index is 2.12. The number of allylic oxidation sites excluding steroid dienone is 1. The highest BCUT2D eigenvalue weighted by Gasteiger charge is 2.32. The van der Waals surface area contributed by atoms with Crippen molar-refractivity contribution in [3.05, 3.63) is 39.9 Å². The largest absolute Gasteiger partial charge is 0.305 e. The molecule has 2 aliphatic rings. The van der Waals surface area contributed by atoms with Gasteiger partial charge in [-0.25, -0.2) is 0 Å². The normalized spacial score (nSPS) is 24.6. The van der Waals surface area contributed by atoms with Crippen molar-refractivity contribution >= 4 is 17.2 Å². The number of hydrogen-bond donors (Lipinski definition) is 0. The van der Waals surface area contributed by atoms with Crippen LogP contribution in [0.1, 0.15) is 30.4 Å². The number of rotatable bonds is 0. The molecule has 1 saturated heterocycles. The summed E-state index contributed by atoms with van der Waals surface area (Å²) in [7, 11) is 2.20. The highest BCUT2D eigenvalue weighted by molar-refractivity contribution is 6.30. The second-order valence-corrected chi connectivity index (χ2v) is 5.38. The van der Waals surface area contributed by atoms with Gasteiger partial charge in [0.05, 0.1) is 0 Å². The molecule has 0 saturated carbocycles. The summed E-state index contributed by atoms with van der Waals surface area (Å²) in [5.41, 5.74) is 5.98. The number of fused-ring (bicyclic) bond motifs is 3. The monoisotopic (exact) mass is 233 g/mol. The first-order chi connectivity index (χ1) is 7.66. The van der Waals surface area contributed by atoms with Gasteiger partial charge in [-0.3, -0.25) is 0 Å². The summed E-state index contributed by atoms with van der Waals surface area (Å²) in [6.07, 6.45) is 1.21. The Morgan fingerprint density at radius 2 is 2.19 bits per heavy atom. The third-order valence-electron chi connectivity index (χ3n) is 3.95. The minimum absolute atomic E-state index is 0.590. The van der Waals surface area contributed by atoms with E-state index in [-0.39, 0.29) is 0 Å². The standard InChI is InChI=1S/C14H16ClN/c1-9-11-4-3-10(15)7-13(11)14-8-16(2)6-5-12(9)14/h3-4,7,14H,5-6,8H2,1-2H3. The summed E-state index contributed by atoms with van der Waals surface area (Å²) < 4.78 is 0. The van der Waals surface area contributed by atoms with Crippen molar-refractivity contribution in [3.63, 3.8) is 0 Å². The summed E-state index contributed by atoms with van der Waals surface area (Å²) in [6, 6.07) is 6.33. The molecule has 1 unspecified atom stereocenters. The van der Waals surface area contributed by atoms with Crippen molar-refractivity contribution in [1.29, 1.82) is 0 Å². The van der Waals surface area contributed by atoms with Gasteiger partial charge in [0.15, 0.2) is 0 Å². The summed E-state index contributed by atoms with van der Waals surface area (Å²) >= 11 is 6.11. The average Bonchev–Trinajstić information content (AvgIpc) is 2.52. The average molecular weight is 234 g/mol. The quantitative estimate of drug-likeness (QED) is 0.663. The fraction of sp³-hybridized carbons (Fsp3) is 0.429. The molecule has 1 fully saturated rings. The minimum Gasteiger partial charge on any atom is -0.305 e. The second kappa shape index (κ2) is 3.61. The first-order valence-electron chi connectivity index (χ1n) is 5.85. The van der Waals surface area contributed by atoms with Crippen LogP contribution in [-0.2, 0) is 0 Å². The zero-order chi connectivity index (χ0) is 11.3. The third kappa shape index (κ3) is 1.42. The van der Waals surface area contributed by atoms with Crippen molar-refractivity contribution in [3.8, 4) is 0 Å². The molecule has 0 spiro atoms. The number of piperidine rings is 1. The number of likely N-dealkylation sites (N-methyl/N-ethyl adjacent to an activating group) is 1. The zero-order valence-electron chi connectivity index (χ0n) is 9.76. The van der Waals surface area contributed by atoms with E-state index in [0.29, 0.717) is 5.92 Å². The molecule has 1 atom stereocenters. The van der Waals surface area contributed by atoms with Crippen LogP contribution in [0, 0.1) is 0 Å². The Morgan fingerprint density at radius 3 is 3.00 bits per heavy atom. The molecule has 1 aromatic carbocycles. The van der Waals surface area contributed by atoms with Gasteiger partial charge in [0.2, 0.25) is 0 Å². The number of halogens is 1. The molecule has 0 bridgehead atoms. The maximum absolute atomic E-state index is 6.11. The van der Waals surface area contributed by atoms with Crippen LogP contribution in [0.5, 0.6) is 0 Å². The van der Waals surface area contributed by atoms with Crippen LogP contribution in [-0.4, -0.2) is 25.0 Å². The van der Waals surface area contributed by atoms with E-state index in [1.165, 1.54) is 29.7 Å². The molecule has 1 aliphatic carbocycles. The van der Waals surface area contributed by atoms with Gasteiger partial charge in [-0.1, -0.05) is 23.2 Å². The zero-order valence-corrected chi connectivity index (χ0v) is 10.5. The molecule has 3 rings (SSSR count). The number of nitrogens with zero attached hydrogens (tertiary/aromatic N) is 1. The molecule has 16 heavy (non-hydrogen) atoms. The third-order valence-corrected chi connectivity index (χ3v) is 4.19. The topological polar surface area (TPSA) is 3.24 Å². The van der Waals surface area contributed by atoms with E-state index in [4.69, 9.17) is 11.6 Å². The second-order valence-electron chi connectivity index (χ2n) is 4.95. The van der Waals surface area contributed by atoms with Gasteiger partial charge in [0, 0.05) is 24.0 Å². The first kappa shape index (κ1) is 10.4. The Hall–Kier alpha value is -0.790. The first-order valence-corrected chi connectivity index (χ1v) is 6.22. The molecule has 0 aromatic heterocycles. The van der Waals surface area contributed by atoms with Crippen molar-refractivity contribution in [1.82, 2.24) is 4.90 Å². The van der Waals surface area contributed by atoms with Crippen LogP contribution in [0.2, 0.25) is 5.02 Å². The van der Waals surface area contributed by atoms with Crippen molar-refractivity contribution in [2.75, 3.05) is 20.1 Å². The lowest BCUT2D eigenvalue weighted by atomic mass is 9.90. The van der Waals surface area contributed by atoms with Crippen LogP contribution in [0.15, 0.2) is 23.8 Å². The predicted molar refractivity (Wildman–Crippen MR) is 68.9 cm³/mol.